The first-order valence-electron chi connectivity index (χ1n) is 27.8. The van der Waals surface area contributed by atoms with Crippen molar-refractivity contribution in [3.05, 3.63) is 0 Å². The van der Waals surface area contributed by atoms with Crippen LogP contribution < -0.4 is 0 Å². The van der Waals surface area contributed by atoms with E-state index in [2.05, 4.69) is 62.3 Å². The molecule has 8 saturated carbocycles. The number of carboxylic acid groups (broad SMARTS) is 1. The van der Waals surface area contributed by atoms with Crippen molar-refractivity contribution >= 4 is 11.9 Å². The second-order valence-electron chi connectivity index (χ2n) is 25.7. The summed E-state index contributed by atoms with van der Waals surface area (Å²) in [6, 6.07) is 0. The number of fused-ring (bicyclic) bond motifs is 10. The number of methoxy groups -OCH3 is 1. The lowest BCUT2D eigenvalue weighted by molar-refractivity contribution is -0.203. The molecule has 0 radical (unpaired) electrons. The lowest BCUT2D eigenvalue weighted by atomic mass is 9.41. The summed E-state index contributed by atoms with van der Waals surface area (Å²) in [6.07, 6.45) is 20.6. The fraction of sp³-hybridized carbons (Fsp3) is 0.965. The maximum absolute atomic E-state index is 12.3. The largest absolute Gasteiger partial charge is 0.481 e. The monoisotopic (exact) mass is 927 g/mol. The first kappa shape index (κ1) is 52.6. The minimum Gasteiger partial charge on any atom is -0.481 e. The number of rotatable bonds is 15. The summed E-state index contributed by atoms with van der Waals surface area (Å²) in [7, 11) is 1.63. The van der Waals surface area contributed by atoms with E-state index >= 15 is 0 Å². The molecule has 9 heteroatoms. The van der Waals surface area contributed by atoms with Gasteiger partial charge in [0, 0.05) is 20.0 Å². The van der Waals surface area contributed by atoms with Gasteiger partial charge in [-0.1, -0.05) is 81.6 Å². The molecule has 9 nitrogen and oxygen atoms in total. The molecular weight excluding hydrogens is 829 g/mol. The highest BCUT2D eigenvalue weighted by molar-refractivity contribution is 5.69. The van der Waals surface area contributed by atoms with Gasteiger partial charge in [-0.2, -0.15) is 0 Å². The molecule has 380 valence electrons. The van der Waals surface area contributed by atoms with E-state index in [-0.39, 0.29) is 53.7 Å². The van der Waals surface area contributed by atoms with Crippen LogP contribution in [-0.2, 0) is 23.8 Å². The molecule has 0 aromatic heterocycles. The summed E-state index contributed by atoms with van der Waals surface area (Å²) in [6.45, 7) is 22.6. The van der Waals surface area contributed by atoms with Crippen molar-refractivity contribution in [1.82, 2.24) is 0 Å². The van der Waals surface area contributed by atoms with Gasteiger partial charge in [0.05, 0.1) is 31.5 Å². The van der Waals surface area contributed by atoms with E-state index < -0.39 is 5.97 Å². The summed E-state index contributed by atoms with van der Waals surface area (Å²) in [5.74, 6) is 7.21. The van der Waals surface area contributed by atoms with Crippen LogP contribution in [0.1, 0.15) is 191 Å². The third-order valence-corrected chi connectivity index (χ3v) is 22.9. The van der Waals surface area contributed by atoms with Crippen LogP contribution in [0.4, 0.5) is 0 Å². The van der Waals surface area contributed by atoms with E-state index in [4.69, 9.17) is 19.3 Å². The Balaban J connectivity index is 0.000000199. The van der Waals surface area contributed by atoms with E-state index in [0.29, 0.717) is 108 Å². The quantitative estimate of drug-likeness (QED) is 0.0717. The van der Waals surface area contributed by atoms with Crippen LogP contribution >= 0.6 is 0 Å². The molecule has 0 amide bonds. The third-order valence-electron chi connectivity index (χ3n) is 22.9. The fourth-order valence-corrected chi connectivity index (χ4v) is 19.6. The molecule has 0 aliphatic heterocycles. The molecule has 8 aliphatic rings. The predicted octanol–water partition coefficient (Wildman–Crippen LogP) is 11.6. The van der Waals surface area contributed by atoms with Gasteiger partial charge in [-0.15, -0.1) is 0 Å². The molecule has 4 N–H and O–H groups in total. The number of aliphatic carboxylic acids is 1. The number of ether oxygens (including phenoxy) is 3. The number of aliphatic hydroxyl groups excluding tert-OH is 3. The van der Waals surface area contributed by atoms with Gasteiger partial charge in [0.2, 0.25) is 0 Å². The Morgan fingerprint density at radius 1 is 0.606 bits per heavy atom. The Labute approximate surface area is 401 Å². The van der Waals surface area contributed by atoms with E-state index in [1.807, 2.05) is 0 Å². The Kier molecular flexibility index (Phi) is 16.9. The van der Waals surface area contributed by atoms with Gasteiger partial charge in [-0.3, -0.25) is 9.59 Å². The van der Waals surface area contributed by atoms with E-state index in [0.717, 1.165) is 50.9 Å². The second-order valence-corrected chi connectivity index (χ2v) is 25.7. The predicted molar refractivity (Wildman–Crippen MR) is 260 cm³/mol. The molecule has 8 rings (SSSR count). The fourth-order valence-electron chi connectivity index (χ4n) is 19.6. The summed E-state index contributed by atoms with van der Waals surface area (Å²) >= 11 is 0. The number of aliphatic hydroxyl groups is 3. The van der Waals surface area contributed by atoms with Crippen LogP contribution in [-0.4, -0.2) is 77.8 Å². The van der Waals surface area contributed by atoms with Crippen LogP contribution in [0.3, 0.4) is 0 Å². The Hall–Kier alpha value is -1.26. The molecule has 0 spiro atoms. The average molecular weight is 927 g/mol. The minimum absolute atomic E-state index is 0.0118. The molecule has 0 saturated heterocycles. The van der Waals surface area contributed by atoms with Crippen molar-refractivity contribution in [3.8, 4) is 0 Å². The van der Waals surface area contributed by atoms with Crippen molar-refractivity contribution in [2.24, 2.45) is 110 Å². The Morgan fingerprint density at radius 2 is 1.08 bits per heavy atom. The van der Waals surface area contributed by atoms with Crippen LogP contribution in [0.5, 0.6) is 0 Å². The maximum atomic E-state index is 12.3. The summed E-state index contributed by atoms with van der Waals surface area (Å²) in [5, 5.41) is 43.2. The molecule has 66 heavy (non-hydrogen) atoms. The van der Waals surface area contributed by atoms with Crippen LogP contribution in [0.15, 0.2) is 0 Å². The van der Waals surface area contributed by atoms with Gasteiger partial charge < -0.3 is 34.6 Å². The second kappa shape index (κ2) is 21.2. The number of hydrogen-bond donors (Lipinski definition) is 4. The number of carbonyl (C=O) groups excluding carboxylic acids is 1. The van der Waals surface area contributed by atoms with Crippen molar-refractivity contribution in [2.45, 2.75) is 209 Å². The van der Waals surface area contributed by atoms with Gasteiger partial charge in [-0.25, -0.2) is 0 Å². The molecule has 0 unspecified atom stereocenters. The molecule has 8 aliphatic carbocycles. The summed E-state index contributed by atoms with van der Waals surface area (Å²) in [5.41, 5.74) is 1.16. The van der Waals surface area contributed by atoms with Gasteiger partial charge in [0.15, 0.2) is 6.79 Å². The van der Waals surface area contributed by atoms with Crippen LogP contribution in [0.2, 0.25) is 0 Å². The van der Waals surface area contributed by atoms with Gasteiger partial charge in [-0.05, 0) is 207 Å². The number of carboxylic acids is 1. The number of esters is 1. The Bertz CT molecular complexity index is 1620. The zero-order chi connectivity index (χ0) is 47.9. The van der Waals surface area contributed by atoms with Gasteiger partial charge in [0.25, 0.3) is 0 Å². The molecule has 0 aromatic carbocycles. The van der Waals surface area contributed by atoms with Gasteiger partial charge in [0.1, 0.15) is 0 Å². The van der Waals surface area contributed by atoms with Crippen molar-refractivity contribution in [3.63, 3.8) is 0 Å². The van der Waals surface area contributed by atoms with E-state index in [9.17, 15) is 24.9 Å². The lowest BCUT2D eigenvalue weighted by Crippen LogP contribution is -2.62. The standard InChI is InChI=1S/C31H54O5.C26H44O4/c1-7-22-26-18-20(2)12-14-31(26,5)25-13-15-30(4)23(9-10-24(30)28(25)29(22)33)21(3)8-11-27(32)36-19-35-17-16-34-6;1-5-17-21-14-16(27)10-12-26(21,4)20-11-13-25(3)18(15(2)6-9-22(28)29)7-8-19(25)23(20)24(17)30/h20-26,28-29,33H,7-19H2,1-6H3;15-21,23-24,27,30H,5-14H2,1-4H3,(H,28,29)/t20-,21-,22-,23-,24+,25+,26+,28+,29-,30-,31-;15-,16-,17-,18-,19+,20+,21+,23+,24-,25-,26-/m11/s1. The smallest absolute Gasteiger partial charge is 0.307 e. The zero-order valence-corrected chi connectivity index (χ0v) is 43.5. The average Bonchev–Trinajstić information content (AvgIpc) is 3.83. The summed E-state index contributed by atoms with van der Waals surface area (Å²) in [4.78, 5) is 23.4. The van der Waals surface area contributed by atoms with Crippen LogP contribution in [0, 0.1) is 110 Å². The highest BCUT2D eigenvalue weighted by atomic mass is 16.7. The van der Waals surface area contributed by atoms with Crippen LogP contribution in [0.25, 0.3) is 0 Å². The first-order valence-corrected chi connectivity index (χ1v) is 27.8. The molecule has 0 bridgehead atoms. The third kappa shape index (κ3) is 9.61. The molecule has 8 fully saturated rings. The lowest BCUT2D eigenvalue weighted by Gasteiger charge is -2.65. The van der Waals surface area contributed by atoms with Crippen molar-refractivity contribution < 1.29 is 44.2 Å². The molecule has 22 atom stereocenters. The molecule has 0 heterocycles. The van der Waals surface area contributed by atoms with Crippen molar-refractivity contribution in [1.29, 1.82) is 0 Å². The minimum atomic E-state index is -0.683. The van der Waals surface area contributed by atoms with E-state index in [1.54, 1.807) is 7.11 Å². The van der Waals surface area contributed by atoms with Crippen molar-refractivity contribution in [2.75, 3.05) is 27.1 Å². The molecule has 0 aromatic rings. The highest BCUT2D eigenvalue weighted by Gasteiger charge is 2.66. The summed E-state index contributed by atoms with van der Waals surface area (Å²) < 4.78 is 15.5. The topological polar surface area (TPSA) is 143 Å². The SMILES string of the molecule is CC[C@H]1[C@@H](O)[C@@H]2[C@H](CC[C@]3(C)[C@@H]([C@H](C)CCC(=O)O)CC[C@@H]23)[C@@]2(C)CC[C@@H](O)C[C@@H]12.CC[C@H]1[C@@H](O)[C@@H]2[C@H](CC[C@]3(C)[C@@H]([C@H](C)CCC(=O)OCOCCOC)CC[C@@H]23)[C@@]2(C)CC[C@@H](C)C[C@@H]12. The van der Waals surface area contributed by atoms with Gasteiger partial charge >= 0.3 is 11.9 Å². The Morgan fingerprint density at radius 3 is 1.58 bits per heavy atom. The first-order chi connectivity index (χ1) is 31.3. The van der Waals surface area contributed by atoms with E-state index in [1.165, 1.54) is 70.6 Å². The zero-order valence-electron chi connectivity index (χ0n) is 43.5. The number of carbonyl (C=O) groups is 2. The molecular formula is C57H98O9. The number of hydrogen-bond acceptors (Lipinski definition) is 8. The highest BCUT2D eigenvalue weighted by Crippen LogP contribution is 2.71. The maximum Gasteiger partial charge on any atom is 0.307 e. The normalized spacial score (nSPS) is 47.9.